The lowest BCUT2D eigenvalue weighted by Crippen LogP contribution is -2.28. The van der Waals surface area contributed by atoms with Gasteiger partial charge in [0.15, 0.2) is 11.5 Å². The van der Waals surface area contributed by atoms with Gasteiger partial charge < -0.3 is 29.6 Å². The van der Waals surface area contributed by atoms with E-state index < -0.39 is 5.91 Å². The van der Waals surface area contributed by atoms with Crippen molar-refractivity contribution in [2.24, 2.45) is 0 Å². The molecule has 8 nitrogen and oxygen atoms in total. The van der Waals surface area contributed by atoms with Crippen LogP contribution in [0.1, 0.15) is 18.5 Å². The van der Waals surface area contributed by atoms with Gasteiger partial charge in [-0.3, -0.25) is 4.79 Å². The summed E-state index contributed by atoms with van der Waals surface area (Å²) in [6.07, 6.45) is 1.33. The highest BCUT2D eigenvalue weighted by molar-refractivity contribution is 5.97. The number of hydrogen-bond donors (Lipinski definition) is 2. The summed E-state index contributed by atoms with van der Waals surface area (Å²) >= 11 is 0. The zero-order chi connectivity index (χ0) is 22.1. The molecule has 8 heteroatoms. The van der Waals surface area contributed by atoms with E-state index in [0.717, 1.165) is 5.56 Å². The van der Waals surface area contributed by atoms with E-state index in [1.54, 1.807) is 51.7 Å². The van der Waals surface area contributed by atoms with Gasteiger partial charge in [0, 0.05) is 12.3 Å². The van der Waals surface area contributed by atoms with E-state index in [1.165, 1.54) is 13.3 Å². The molecule has 0 spiro atoms. The molecule has 0 saturated heterocycles. The number of benzene rings is 2. The number of methoxy groups -OCH3 is 4. The van der Waals surface area contributed by atoms with Crippen LogP contribution in [0.5, 0.6) is 23.0 Å². The van der Waals surface area contributed by atoms with Crippen LogP contribution in [-0.4, -0.2) is 34.3 Å². The quantitative estimate of drug-likeness (QED) is 0.481. The number of carbonyl (C=O) groups is 1. The molecule has 2 aromatic carbocycles. The van der Waals surface area contributed by atoms with Crippen molar-refractivity contribution in [3.8, 4) is 29.1 Å². The normalized spacial score (nSPS) is 11.7. The topological polar surface area (TPSA) is 102 Å². The van der Waals surface area contributed by atoms with Crippen LogP contribution < -0.4 is 29.6 Å². The highest BCUT2D eigenvalue weighted by atomic mass is 16.5. The number of hydrogen-bond acceptors (Lipinski definition) is 7. The van der Waals surface area contributed by atoms with Crippen LogP contribution in [0.4, 0.5) is 5.69 Å². The summed E-state index contributed by atoms with van der Waals surface area (Å²) < 4.78 is 21.0. The standard InChI is InChI=1S/C22H25N3O5/c1-14(15-6-8-20(29-4)21(10-15)30-5)25-22(26)16(12-23)13-24-18-11-17(27-2)7-9-19(18)28-3/h6-11,13-14,24H,1-5H3,(H,25,26)/b16-13-. The van der Waals surface area contributed by atoms with Crippen molar-refractivity contribution < 1.29 is 23.7 Å². The molecule has 2 rings (SSSR count). The number of amides is 1. The number of carbonyl (C=O) groups excluding carboxylic acids is 1. The molecule has 0 aliphatic rings. The average molecular weight is 411 g/mol. The molecule has 1 atom stereocenters. The predicted molar refractivity (Wildman–Crippen MR) is 113 cm³/mol. The Morgan fingerprint density at radius 2 is 1.63 bits per heavy atom. The number of nitrogens with one attached hydrogen (secondary N) is 2. The number of rotatable bonds is 9. The van der Waals surface area contributed by atoms with Crippen molar-refractivity contribution >= 4 is 11.6 Å². The molecule has 1 amide bonds. The first kappa shape index (κ1) is 22.4. The Balaban J connectivity index is 2.16. The van der Waals surface area contributed by atoms with Crippen LogP contribution in [0.25, 0.3) is 0 Å². The van der Waals surface area contributed by atoms with Gasteiger partial charge in [-0.1, -0.05) is 6.07 Å². The fourth-order valence-electron chi connectivity index (χ4n) is 2.71. The minimum atomic E-state index is -0.519. The van der Waals surface area contributed by atoms with Gasteiger partial charge in [0.05, 0.1) is 40.2 Å². The van der Waals surface area contributed by atoms with E-state index >= 15 is 0 Å². The second-order valence-corrected chi connectivity index (χ2v) is 6.19. The molecule has 0 aliphatic carbocycles. The molecule has 0 saturated carbocycles. The van der Waals surface area contributed by atoms with Crippen LogP contribution in [-0.2, 0) is 4.79 Å². The Labute approximate surface area is 176 Å². The maximum absolute atomic E-state index is 12.6. The first-order valence-electron chi connectivity index (χ1n) is 9.09. The molecule has 0 heterocycles. The van der Waals surface area contributed by atoms with E-state index in [4.69, 9.17) is 18.9 Å². The Kier molecular flexibility index (Phi) is 7.94. The maximum Gasteiger partial charge on any atom is 0.263 e. The van der Waals surface area contributed by atoms with Crippen LogP contribution >= 0.6 is 0 Å². The summed E-state index contributed by atoms with van der Waals surface area (Å²) in [5, 5.41) is 15.2. The van der Waals surface area contributed by atoms with E-state index in [9.17, 15) is 10.1 Å². The van der Waals surface area contributed by atoms with Gasteiger partial charge in [0.2, 0.25) is 0 Å². The highest BCUT2D eigenvalue weighted by Gasteiger charge is 2.16. The van der Waals surface area contributed by atoms with Crippen LogP contribution in [0, 0.1) is 11.3 Å². The predicted octanol–water partition coefficient (Wildman–Crippen LogP) is 3.42. The lowest BCUT2D eigenvalue weighted by molar-refractivity contribution is -0.117. The zero-order valence-corrected chi connectivity index (χ0v) is 17.6. The van der Waals surface area contributed by atoms with Gasteiger partial charge in [0.1, 0.15) is 23.1 Å². The maximum atomic E-state index is 12.6. The third-order valence-electron chi connectivity index (χ3n) is 4.40. The molecule has 0 bridgehead atoms. The molecule has 0 aliphatic heterocycles. The van der Waals surface area contributed by atoms with Crippen molar-refractivity contribution in [3.05, 3.63) is 53.7 Å². The molecule has 0 fully saturated rings. The first-order valence-corrected chi connectivity index (χ1v) is 9.09. The van der Waals surface area contributed by atoms with Crippen molar-refractivity contribution in [2.45, 2.75) is 13.0 Å². The van der Waals surface area contributed by atoms with Crippen LogP contribution in [0.2, 0.25) is 0 Å². The fraction of sp³-hybridized carbons (Fsp3) is 0.273. The fourth-order valence-corrected chi connectivity index (χ4v) is 2.71. The van der Waals surface area contributed by atoms with Crippen molar-refractivity contribution in [1.82, 2.24) is 5.32 Å². The third-order valence-corrected chi connectivity index (χ3v) is 4.40. The minimum Gasteiger partial charge on any atom is -0.497 e. The van der Waals surface area contributed by atoms with Gasteiger partial charge in [-0.15, -0.1) is 0 Å². The molecule has 0 aromatic heterocycles. The van der Waals surface area contributed by atoms with Gasteiger partial charge in [-0.05, 0) is 36.8 Å². The molecular weight excluding hydrogens is 386 g/mol. The Morgan fingerprint density at radius 3 is 2.23 bits per heavy atom. The summed E-state index contributed by atoms with van der Waals surface area (Å²) in [5.41, 5.74) is 1.28. The van der Waals surface area contributed by atoms with Gasteiger partial charge in [0.25, 0.3) is 5.91 Å². The number of anilines is 1. The molecule has 2 aromatic rings. The molecule has 30 heavy (non-hydrogen) atoms. The Morgan fingerprint density at radius 1 is 0.967 bits per heavy atom. The van der Waals surface area contributed by atoms with E-state index in [-0.39, 0.29) is 11.6 Å². The van der Waals surface area contributed by atoms with Gasteiger partial charge >= 0.3 is 0 Å². The van der Waals surface area contributed by atoms with Crippen molar-refractivity contribution in [2.75, 3.05) is 33.8 Å². The lowest BCUT2D eigenvalue weighted by atomic mass is 10.1. The van der Waals surface area contributed by atoms with Gasteiger partial charge in [-0.25, -0.2) is 0 Å². The van der Waals surface area contributed by atoms with Crippen LogP contribution in [0.3, 0.4) is 0 Å². The SMILES string of the molecule is COc1ccc(OC)c(N/C=C(/C#N)C(=O)NC(C)c2ccc(OC)c(OC)c2)c1. The summed E-state index contributed by atoms with van der Waals surface area (Å²) in [6, 6.07) is 12.1. The number of nitrogens with zero attached hydrogens (tertiary/aromatic N) is 1. The Hall–Kier alpha value is -3.86. The second-order valence-electron chi connectivity index (χ2n) is 6.19. The largest absolute Gasteiger partial charge is 0.497 e. The summed E-state index contributed by atoms with van der Waals surface area (Å²) in [6.45, 7) is 1.81. The number of nitriles is 1. The smallest absolute Gasteiger partial charge is 0.263 e. The molecule has 158 valence electrons. The van der Waals surface area contributed by atoms with Crippen LogP contribution in [0.15, 0.2) is 48.2 Å². The molecule has 2 N–H and O–H groups in total. The third kappa shape index (κ3) is 5.35. The van der Waals surface area contributed by atoms with Crippen molar-refractivity contribution in [1.29, 1.82) is 5.26 Å². The molecule has 0 radical (unpaired) electrons. The first-order chi connectivity index (χ1) is 14.5. The Bertz CT molecular complexity index is 966. The monoisotopic (exact) mass is 411 g/mol. The summed E-state index contributed by atoms with van der Waals surface area (Å²) in [5.74, 6) is 1.78. The van der Waals surface area contributed by atoms with Gasteiger partial charge in [-0.2, -0.15) is 5.26 Å². The van der Waals surface area contributed by atoms with E-state index in [1.807, 2.05) is 19.1 Å². The lowest BCUT2D eigenvalue weighted by Gasteiger charge is -2.16. The van der Waals surface area contributed by atoms with Crippen molar-refractivity contribution in [3.63, 3.8) is 0 Å². The zero-order valence-electron chi connectivity index (χ0n) is 17.6. The summed E-state index contributed by atoms with van der Waals surface area (Å²) in [7, 11) is 6.17. The molecular formula is C22H25N3O5. The van der Waals surface area contributed by atoms with E-state index in [2.05, 4.69) is 10.6 Å². The highest BCUT2D eigenvalue weighted by Crippen LogP contribution is 2.30. The van der Waals surface area contributed by atoms with E-state index in [0.29, 0.717) is 28.7 Å². The molecule has 1 unspecified atom stereocenters. The average Bonchev–Trinajstić information content (AvgIpc) is 2.78. The minimum absolute atomic E-state index is 0.0906. The number of ether oxygens (including phenoxy) is 4. The summed E-state index contributed by atoms with van der Waals surface area (Å²) in [4.78, 5) is 12.6. The second kappa shape index (κ2) is 10.6.